The average Bonchev–Trinajstić information content (AvgIpc) is 2.61. The van der Waals surface area contributed by atoms with Crippen LogP contribution in [0.5, 0.6) is 5.75 Å². The number of benzene rings is 2. The quantitative estimate of drug-likeness (QED) is 0.752. The summed E-state index contributed by atoms with van der Waals surface area (Å²) in [5, 5.41) is 5.52. The van der Waals surface area contributed by atoms with Crippen LogP contribution in [0, 0.1) is 27.7 Å². The van der Waals surface area contributed by atoms with Crippen LogP contribution in [0.15, 0.2) is 36.4 Å². The summed E-state index contributed by atoms with van der Waals surface area (Å²) < 4.78 is 5.48. The van der Waals surface area contributed by atoms with Crippen molar-refractivity contribution in [2.24, 2.45) is 0 Å². The lowest BCUT2D eigenvalue weighted by molar-refractivity contribution is -0.123. The third-order valence-electron chi connectivity index (χ3n) is 4.35. The van der Waals surface area contributed by atoms with E-state index < -0.39 is 0 Å². The van der Waals surface area contributed by atoms with Crippen molar-refractivity contribution < 1.29 is 14.3 Å². The maximum Gasteiger partial charge on any atom is 0.258 e. The Morgan fingerprint density at radius 3 is 2.08 bits per heavy atom. The fourth-order valence-corrected chi connectivity index (χ4v) is 2.37. The zero-order valence-electron chi connectivity index (χ0n) is 15.8. The van der Waals surface area contributed by atoms with Gasteiger partial charge in [-0.25, -0.2) is 0 Å². The molecule has 0 aromatic heterocycles. The first-order valence-corrected chi connectivity index (χ1v) is 8.69. The molecule has 5 heteroatoms. The zero-order chi connectivity index (χ0) is 19.1. The highest BCUT2D eigenvalue weighted by molar-refractivity contribution is 5.94. The van der Waals surface area contributed by atoms with Crippen LogP contribution in [0.1, 0.15) is 32.6 Å². The van der Waals surface area contributed by atoms with Gasteiger partial charge in [0, 0.05) is 18.7 Å². The highest BCUT2D eigenvalue weighted by atomic mass is 16.5. The molecule has 0 unspecified atom stereocenters. The largest absolute Gasteiger partial charge is 0.484 e. The molecule has 138 valence electrons. The number of ether oxygens (including phenoxy) is 1. The van der Waals surface area contributed by atoms with Gasteiger partial charge in [0.25, 0.3) is 11.8 Å². The summed E-state index contributed by atoms with van der Waals surface area (Å²) in [5.74, 6) is 0.309. The third-order valence-corrected chi connectivity index (χ3v) is 4.35. The number of hydrogen-bond acceptors (Lipinski definition) is 3. The molecular formula is C21H26N2O3. The van der Waals surface area contributed by atoms with Crippen LogP contribution in [0.25, 0.3) is 0 Å². The Kier molecular flexibility index (Phi) is 6.78. The summed E-state index contributed by atoms with van der Waals surface area (Å²) in [6, 6.07) is 11.3. The van der Waals surface area contributed by atoms with E-state index in [-0.39, 0.29) is 18.4 Å². The number of carbonyl (C=O) groups is 2. The highest BCUT2D eigenvalue weighted by Gasteiger charge is 2.07. The summed E-state index contributed by atoms with van der Waals surface area (Å²) in [7, 11) is 0. The maximum absolute atomic E-state index is 12.1. The van der Waals surface area contributed by atoms with Crippen molar-refractivity contribution in [3.8, 4) is 5.75 Å². The molecule has 5 nitrogen and oxygen atoms in total. The van der Waals surface area contributed by atoms with Crippen molar-refractivity contribution >= 4 is 11.8 Å². The third kappa shape index (κ3) is 5.62. The van der Waals surface area contributed by atoms with Crippen LogP contribution in [0.4, 0.5) is 0 Å². The Hall–Kier alpha value is -2.82. The number of carbonyl (C=O) groups excluding carboxylic acids is 2. The van der Waals surface area contributed by atoms with Gasteiger partial charge in [-0.15, -0.1) is 0 Å². The van der Waals surface area contributed by atoms with Gasteiger partial charge in [-0.3, -0.25) is 9.59 Å². The Balaban J connectivity index is 1.68. The number of aryl methyl sites for hydroxylation is 4. The molecule has 0 spiro atoms. The second-order valence-corrected chi connectivity index (χ2v) is 6.44. The van der Waals surface area contributed by atoms with Crippen LogP contribution in [0.2, 0.25) is 0 Å². The second kappa shape index (κ2) is 9.04. The van der Waals surface area contributed by atoms with E-state index in [1.807, 2.05) is 58.0 Å². The van der Waals surface area contributed by atoms with Gasteiger partial charge in [0.2, 0.25) is 0 Å². The second-order valence-electron chi connectivity index (χ2n) is 6.44. The predicted octanol–water partition coefficient (Wildman–Crippen LogP) is 2.85. The van der Waals surface area contributed by atoms with Gasteiger partial charge < -0.3 is 15.4 Å². The van der Waals surface area contributed by atoms with Gasteiger partial charge in [0.15, 0.2) is 6.61 Å². The summed E-state index contributed by atoms with van der Waals surface area (Å²) in [4.78, 5) is 23.9. The molecule has 0 radical (unpaired) electrons. The Bertz CT molecular complexity index is 800. The minimum atomic E-state index is -0.219. The van der Waals surface area contributed by atoms with Crippen LogP contribution >= 0.6 is 0 Å². The molecule has 0 heterocycles. The molecule has 0 aliphatic rings. The minimum absolute atomic E-state index is 0.0480. The van der Waals surface area contributed by atoms with E-state index >= 15 is 0 Å². The van der Waals surface area contributed by atoms with Crippen molar-refractivity contribution in [3.05, 3.63) is 64.2 Å². The molecule has 2 N–H and O–H groups in total. The van der Waals surface area contributed by atoms with E-state index in [2.05, 4.69) is 10.6 Å². The topological polar surface area (TPSA) is 67.4 Å². The van der Waals surface area contributed by atoms with Crippen LogP contribution in [-0.2, 0) is 4.79 Å². The molecule has 0 atom stereocenters. The van der Waals surface area contributed by atoms with Crippen molar-refractivity contribution in [2.75, 3.05) is 19.7 Å². The molecule has 0 saturated carbocycles. The molecular weight excluding hydrogens is 328 g/mol. The molecule has 0 fully saturated rings. The summed E-state index contributed by atoms with van der Waals surface area (Å²) in [6.07, 6.45) is 0. The molecule has 2 rings (SSSR count). The lowest BCUT2D eigenvalue weighted by atomic mass is 10.1. The lowest BCUT2D eigenvalue weighted by Gasteiger charge is -2.10. The van der Waals surface area contributed by atoms with Crippen molar-refractivity contribution in [1.82, 2.24) is 10.6 Å². The molecule has 0 aliphatic carbocycles. The molecule has 2 amide bonds. The number of rotatable bonds is 7. The van der Waals surface area contributed by atoms with Gasteiger partial charge in [0.1, 0.15) is 5.75 Å². The van der Waals surface area contributed by atoms with E-state index in [9.17, 15) is 9.59 Å². The molecule has 0 bridgehead atoms. The molecule has 0 aliphatic heterocycles. The SMILES string of the molecule is Cc1ccc(OCC(=O)NCCNC(=O)c2ccc(C)c(C)c2)cc1C. The van der Waals surface area contributed by atoms with Crippen LogP contribution < -0.4 is 15.4 Å². The molecule has 2 aromatic rings. The fraction of sp³-hybridized carbons (Fsp3) is 0.333. The first kappa shape index (κ1) is 19.5. The average molecular weight is 354 g/mol. The maximum atomic E-state index is 12.1. The molecule has 26 heavy (non-hydrogen) atoms. The first-order valence-electron chi connectivity index (χ1n) is 8.69. The van der Waals surface area contributed by atoms with E-state index in [0.717, 1.165) is 16.7 Å². The summed E-state index contributed by atoms with van der Waals surface area (Å²) >= 11 is 0. The Morgan fingerprint density at radius 2 is 1.42 bits per heavy atom. The highest BCUT2D eigenvalue weighted by Crippen LogP contribution is 2.16. The fourth-order valence-electron chi connectivity index (χ4n) is 2.37. The van der Waals surface area contributed by atoms with E-state index in [4.69, 9.17) is 4.74 Å². The Morgan fingerprint density at radius 1 is 0.808 bits per heavy atom. The van der Waals surface area contributed by atoms with Gasteiger partial charge in [-0.05, 0) is 74.2 Å². The molecule has 0 saturated heterocycles. The van der Waals surface area contributed by atoms with Crippen LogP contribution in [0.3, 0.4) is 0 Å². The first-order chi connectivity index (χ1) is 12.4. The summed E-state index contributed by atoms with van der Waals surface area (Å²) in [5.41, 5.74) is 5.16. The van der Waals surface area contributed by atoms with Crippen LogP contribution in [-0.4, -0.2) is 31.5 Å². The van der Waals surface area contributed by atoms with Gasteiger partial charge in [-0.2, -0.15) is 0 Å². The number of hydrogen-bond donors (Lipinski definition) is 2. The van der Waals surface area contributed by atoms with Crippen molar-refractivity contribution in [2.45, 2.75) is 27.7 Å². The normalized spacial score (nSPS) is 10.3. The van der Waals surface area contributed by atoms with E-state index in [0.29, 0.717) is 24.4 Å². The smallest absolute Gasteiger partial charge is 0.258 e. The standard InChI is InChI=1S/C21H26N2O3/c1-14-5-7-18(11-16(14)3)21(25)23-10-9-22-20(24)13-26-19-8-6-15(2)17(4)12-19/h5-8,11-12H,9-10,13H2,1-4H3,(H,22,24)(H,23,25). The number of amides is 2. The van der Waals surface area contributed by atoms with E-state index in [1.165, 1.54) is 5.56 Å². The predicted molar refractivity (Wildman–Crippen MR) is 103 cm³/mol. The van der Waals surface area contributed by atoms with Crippen molar-refractivity contribution in [1.29, 1.82) is 0 Å². The van der Waals surface area contributed by atoms with Gasteiger partial charge in [-0.1, -0.05) is 12.1 Å². The Labute approximate surface area is 154 Å². The molecule has 2 aromatic carbocycles. The monoisotopic (exact) mass is 354 g/mol. The van der Waals surface area contributed by atoms with Gasteiger partial charge in [0.05, 0.1) is 0 Å². The zero-order valence-corrected chi connectivity index (χ0v) is 15.8. The minimum Gasteiger partial charge on any atom is -0.484 e. The lowest BCUT2D eigenvalue weighted by Crippen LogP contribution is -2.36. The number of nitrogens with one attached hydrogen (secondary N) is 2. The van der Waals surface area contributed by atoms with E-state index in [1.54, 1.807) is 6.07 Å². The van der Waals surface area contributed by atoms with Crippen molar-refractivity contribution in [3.63, 3.8) is 0 Å². The van der Waals surface area contributed by atoms with Gasteiger partial charge >= 0.3 is 0 Å². The summed E-state index contributed by atoms with van der Waals surface area (Å²) in [6.45, 7) is 8.67.